The zero-order valence-corrected chi connectivity index (χ0v) is 21.9. The number of alkyl halides is 3. The normalized spacial score (nSPS) is 12.5. The van der Waals surface area contributed by atoms with E-state index in [1.54, 1.807) is 13.0 Å². The second-order valence-corrected chi connectivity index (χ2v) is 9.27. The molecule has 1 atom stereocenters. The van der Waals surface area contributed by atoms with Crippen molar-refractivity contribution in [2.75, 3.05) is 32.5 Å². The maximum atomic E-state index is 13.4. The zero-order chi connectivity index (χ0) is 28.3. The Kier molecular flexibility index (Phi) is 8.06. The van der Waals surface area contributed by atoms with Crippen LogP contribution in [-0.2, 0) is 11.0 Å². The molecule has 1 unspecified atom stereocenters. The fourth-order valence-electron chi connectivity index (χ4n) is 3.72. The van der Waals surface area contributed by atoms with Crippen LogP contribution >= 0.6 is 11.6 Å². The number of hydrogen-bond donors (Lipinski definition) is 4. The number of halogens is 4. The van der Waals surface area contributed by atoms with Gasteiger partial charge >= 0.3 is 6.18 Å². The fourth-order valence-corrected chi connectivity index (χ4v) is 3.98. The molecule has 15 heteroatoms. The molecule has 4 rings (SSSR count). The highest BCUT2D eigenvalue weighted by Crippen LogP contribution is 2.36. The molecule has 0 aliphatic heterocycles. The number of carbonyl (C=O) groups is 2. The van der Waals surface area contributed by atoms with Crippen LogP contribution in [0.3, 0.4) is 0 Å². The smallest absolute Gasteiger partial charge is 0.353 e. The van der Waals surface area contributed by atoms with Crippen LogP contribution in [0.1, 0.15) is 23.0 Å². The molecule has 4 aromatic rings. The monoisotopic (exact) mass is 563 g/mol. The summed E-state index contributed by atoms with van der Waals surface area (Å²) in [7, 11) is 3.77. The molecule has 0 aliphatic rings. The van der Waals surface area contributed by atoms with Gasteiger partial charge < -0.3 is 20.9 Å². The summed E-state index contributed by atoms with van der Waals surface area (Å²) in [6, 6.07) is 3.77. The number of aromatic amines is 1. The lowest BCUT2D eigenvalue weighted by Crippen LogP contribution is -2.46. The average molecular weight is 564 g/mol. The van der Waals surface area contributed by atoms with Crippen molar-refractivity contribution in [3.8, 4) is 11.3 Å². The summed E-state index contributed by atoms with van der Waals surface area (Å²) in [6.07, 6.45) is 0.681. The Morgan fingerprint density at radius 1 is 1.23 bits per heavy atom. The molecule has 0 spiro atoms. The molecule has 4 N–H and O–H groups in total. The largest absolute Gasteiger partial charge is 0.435 e. The quantitative estimate of drug-likeness (QED) is 0.245. The lowest BCUT2D eigenvalue weighted by Gasteiger charge is -2.16. The van der Waals surface area contributed by atoms with Gasteiger partial charge in [0.1, 0.15) is 6.04 Å². The zero-order valence-electron chi connectivity index (χ0n) is 21.1. The number of aromatic nitrogens is 5. The fraction of sp³-hybridized carbons (Fsp3) is 0.292. The summed E-state index contributed by atoms with van der Waals surface area (Å²) >= 11 is 6.36. The molecular formula is C24H25ClF3N9O2. The Hall–Kier alpha value is -4.17. The van der Waals surface area contributed by atoms with Crippen molar-refractivity contribution >= 4 is 40.6 Å². The van der Waals surface area contributed by atoms with Crippen LogP contribution in [-0.4, -0.2) is 74.5 Å². The number of anilines is 2. The molecule has 3 heterocycles. The molecule has 0 saturated heterocycles. The third-order valence-corrected chi connectivity index (χ3v) is 6.00. The molecule has 11 nitrogen and oxygen atoms in total. The first-order valence-electron chi connectivity index (χ1n) is 11.7. The molecule has 206 valence electrons. The predicted molar refractivity (Wildman–Crippen MR) is 139 cm³/mol. The van der Waals surface area contributed by atoms with E-state index in [0.717, 1.165) is 6.20 Å². The Morgan fingerprint density at radius 3 is 2.69 bits per heavy atom. The van der Waals surface area contributed by atoms with E-state index in [1.807, 2.05) is 19.0 Å². The number of hydrogen-bond acceptors (Lipinski definition) is 7. The highest BCUT2D eigenvalue weighted by atomic mass is 35.5. The number of H-pyrrole nitrogens is 1. The topological polar surface area (TPSA) is 132 Å². The number of fused-ring (bicyclic) bond motifs is 1. The summed E-state index contributed by atoms with van der Waals surface area (Å²) in [5.74, 6) is -0.603. The molecule has 3 aromatic heterocycles. The Morgan fingerprint density at radius 2 is 2.00 bits per heavy atom. The summed E-state index contributed by atoms with van der Waals surface area (Å²) in [5.41, 5.74) is -0.183. The van der Waals surface area contributed by atoms with Gasteiger partial charge in [0.2, 0.25) is 5.91 Å². The molecule has 0 radical (unpaired) electrons. The van der Waals surface area contributed by atoms with E-state index >= 15 is 0 Å². The van der Waals surface area contributed by atoms with E-state index in [0.29, 0.717) is 18.8 Å². The van der Waals surface area contributed by atoms with Crippen LogP contribution in [0.15, 0.2) is 43.0 Å². The van der Waals surface area contributed by atoms with Gasteiger partial charge in [-0.05, 0) is 39.2 Å². The van der Waals surface area contributed by atoms with Gasteiger partial charge in [-0.1, -0.05) is 11.6 Å². The van der Waals surface area contributed by atoms with Crippen molar-refractivity contribution in [2.24, 2.45) is 0 Å². The van der Waals surface area contributed by atoms with E-state index in [4.69, 9.17) is 11.6 Å². The SMILES string of the molecule is CC(NC(=O)c1ccc(Nc2nccn3c(-c4c[nH]nc4C(F)(F)F)cnc23)cc1Cl)C(=O)NCCN(C)C. The first kappa shape index (κ1) is 27.9. The van der Waals surface area contributed by atoms with Gasteiger partial charge in [-0.2, -0.15) is 18.3 Å². The molecular weight excluding hydrogens is 539 g/mol. The number of benzene rings is 1. The molecule has 0 bridgehead atoms. The Bertz CT molecular complexity index is 1500. The van der Waals surface area contributed by atoms with Crippen LogP contribution in [0.25, 0.3) is 16.9 Å². The van der Waals surface area contributed by atoms with E-state index < -0.39 is 23.8 Å². The second-order valence-electron chi connectivity index (χ2n) is 8.87. The van der Waals surface area contributed by atoms with Gasteiger partial charge in [0, 0.05) is 37.4 Å². The van der Waals surface area contributed by atoms with E-state index in [-0.39, 0.29) is 39.2 Å². The lowest BCUT2D eigenvalue weighted by atomic mass is 10.1. The summed E-state index contributed by atoms with van der Waals surface area (Å²) in [4.78, 5) is 35.3. The average Bonchev–Trinajstić information content (AvgIpc) is 3.51. The molecule has 0 fully saturated rings. The minimum Gasteiger partial charge on any atom is -0.353 e. The van der Waals surface area contributed by atoms with Gasteiger partial charge in [-0.3, -0.25) is 19.1 Å². The van der Waals surface area contributed by atoms with E-state index in [2.05, 4.69) is 36.1 Å². The molecule has 39 heavy (non-hydrogen) atoms. The second kappa shape index (κ2) is 11.3. The molecule has 2 amide bonds. The number of nitrogens with zero attached hydrogens (tertiary/aromatic N) is 5. The number of amides is 2. The van der Waals surface area contributed by atoms with Gasteiger partial charge in [0.15, 0.2) is 17.2 Å². The van der Waals surface area contributed by atoms with Crippen molar-refractivity contribution in [3.63, 3.8) is 0 Å². The maximum absolute atomic E-state index is 13.4. The van der Waals surface area contributed by atoms with Crippen molar-refractivity contribution in [1.29, 1.82) is 0 Å². The van der Waals surface area contributed by atoms with Gasteiger partial charge in [0.05, 0.1) is 28.0 Å². The minimum atomic E-state index is -4.65. The van der Waals surface area contributed by atoms with E-state index in [9.17, 15) is 22.8 Å². The maximum Gasteiger partial charge on any atom is 0.435 e. The van der Waals surface area contributed by atoms with Crippen molar-refractivity contribution in [1.82, 2.24) is 40.1 Å². The van der Waals surface area contributed by atoms with Crippen LogP contribution in [0, 0.1) is 0 Å². The minimum absolute atomic E-state index is 0.113. The summed E-state index contributed by atoms with van der Waals surface area (Å²) < 4.78 is 41.5. The van der Waals surface area contributed by atoms with Crippen LogP contribution in [0.2, 0.25) is 5.02 Å². The van der Waals surface area contributed by atoms with Crippen LogP contribution in [0.4, 0.5) is 24.7 Å². The standard InChI is InChI=1S/C24H25ClF3N9O2/c1-13(22(38)30-6-8-36(2)3)33-23(39)15-5-4-14(10-17(15)25)34-20-21-31-12-18(37(21)9-7-29-20)16-11-32-35-19(16)24(26,27)28/h4-5,7,9-13H,6,8H2,1-3H3,(H,29,34)(H,30,38)(H,32,35)(H,33,39). The first-order valence-corrected chi connectivity index (χ1v) is 12.1. The molecule has 0 aliphatic carbocycles. The van der Waals surface area contributed by atoms with Gasteiger partial charge in [0.25, 0.3) is 5.91 Å². The highest BCUT2D eigenvalue weighted by molar-refractivity contribution is 6.34. The van der Waals surface area contributed by atoms with Crippen molar-refractivity contribution in [2.45, 2.75) is 19.1 Å². The molecule has 0 saturated carbocycles. The number of rotatable bonds is 9. The van der Waals surface area contributed by atoms with Crippen LogP contribution in [0.5, 0.6) is 0 Å². The van der Waals surface area contributed by atoms with Crippen LogP contribution < -0.4 is 16.0 Å². The Labute approximate surface area is 225 Å². The third kappa shape index (κ3) is 6.29. The highest BCUT2D eigenvalue weighted by Gasteiger charge is 2.37. The third-order valence-electron chi connectivity index (χ3n) is 5.69. The Balaban J connectivity index is 1.49. The number of imidazole rings is 1. The number of carbonyl (C=O) groups excluding carboxylic acids is 2. The summed E-state index contributed by atoms with van der Waals surface area (Å²) in [5, 5.41) is 14.1. The number of nitrogens with one attached hydrogen (secondary N) is 4. The van der Waals surface area contributed by atoms with Gasteiger partial charge in [-0.25, -0.2) is 9.97 Å². The predicted octanol–water partition coefficient (Wildman–Crippen LogP) is 3.33. The van der Waals surface area contributed by atoms with Crippen molar-refractivity contribution < 1.29 is 22.8 Å². The van der Waals surface area contributed by atoms with Gasteiger partial charge in [-0.15, -0.1) is 0 Å². The molecule has 1 aromatic carbocycles. The van der Waals surface area contributed by atoms with Crippen molar-refractivity contribution in [3.05, 3.63) is 59.3 Å². The number of likely N-dealkylation sites (N-methyl/N-ethyl adjacent to an activating group) is 1. The lowest BCUT2D eigenvalue weighted by molar-refractivity contribution is -0.140. The summed E-state index contributed by atoms with van der Waals surface area (Å²) in [6.45, 7) is 2.67. The first-order chi connectivity index (χ1) is 18.5. The van der Waals surface area contributed by atoms with E-state index in [1.165, 1.54) is 35.1 Å².